The van der Waals surface area contributed by atoms with Gasteiger partial charge in [0.25, 0.3) is 0 Å². The van der Waals surface area contributed by atoms with Crippen molar-refractivity contribution in [3.05, 3.63) is 29.3 Å². The molecule has 0 spiro atoms. The summed E-state index contributed by atoms with van der Waals surface area (Å²) in [5, 5.41) is 18.7. The molecule has 0 fully saturated rings. The highest BCUT2D eigenvalue weighted by molar-refractivity contribution is 5.88. The SMILES string of the molecule is COCC(C)OCC(O)COc1cc(C(=O)O)ccc1C. The molecular formula is C15H22O6. The summed E-state index contributed by atoms with van der Waals surface area (Å²) in [6, 6.07) is 4.62. The molecular weight excluding hydrogens is 276 g/mol. The second kappa shape index (κ2) is 8.61. The van der Waals surface area contributed by atoms with Crippen molar-refractivity contribution in [3.8, 4) is 5.75 Å². The van der Waals surface area contributed by atoms with Crippen molar-refractivity contribution in [2.24, 2.45) is 0 Å². The lowest BCUT2D eigenvalue weighted by atomic mass is 10.1. The molecule has 0 aliphatic heterocycles. The summed E-state index contributed by atoms with van der Waals surface area (Å²) in [5.41, 5.74) is 0.955. The fourth-order valence-corrected chi connectivity index (χ4v) is 1.68. The van der Waals surface area contributed by atoms with Crippen LogP contribution in [0.3, 0.4) is 0 Å². The highest BCUT2D eigenvalue weighted by Gasteiger charge is 2.11. The Kier molecular flexibility index (Phi) is 7.14. The first-order valence-electron chi connectivity index (χ1n) is 6.69. The minimum absolute atomic E-state index is 0.0314. The van der Waals surface area contributed by atoms with Crippen LogP contribution in [-0.4, -0.2) is 55.3 Å². The molecule has 0 bridgehead atoms. The Morgan fingerprint density at radius 2 is 2.00 bits per heavy atom. The predicted octanol–water partition coefficient (Wildman–Crippen LogP) is 1.48. The second-order valence-corrected chi connectivity index (χ2v) is 4.85. The second-order valence-electron chi connectivity index (χ2n) is 4.85. The highest BCUT2D eigenvalue weighted by Crippen LogP contribution is 2.19. The lowest BCUT2D eigenvalue weighted by Gasteiger charge is -2.17. The monoisotopic (exact) mass is 298 g/mol. The van der Waals surface area contributed by atoms with Gasteiger partial charge in [0.1, 0.15) is 18.5 Å². The molecule has 0 aliphatic rings. The van der Waals surface area contributed by atoms with Gasteiger partial charge in [-0.25, -0.2) is 4.79 Å². The van der Waals surface area contributed by atoms with Gasteiger partial charge in [-0.15, -0.1) is 0 Å². The maximum Gasteiger partial charge on any atom is 0.335 e. The molecule has 6 heteroatoms. The first-order chi connectivity index (χ1) is 9.93. The van der Waals surface area contributed by atoms with Gasteiger partial charge in [0.05, 0.1) is 24.9 Å². The first-order valence-corrected chi connectivity index (χ1v) is 6.69. The molecule has 0 heterocycles. The van der Waals surface area contributed by atoms with E-state index in [1.807, 2.05) is 13.8 Å². The van der Waals surface area contributed by atoms with Gasteiger partial charge in [0.2, 0.25) is 0 Å². The van der Waals surface area contributed by atoms with Gasteiger partial charge >= 0.3 is 5.97 Å². The van der Waals surface area contributed by atoms with E-state index in [1.54, 1.807) is 13.2 Å². The number of aliphatic hydroxyl groups excluding tert-OH is 1. The van der Waals surface area contributed by atoms with Crippen LogP contribution in [0.5, 0.6) is 5.75 Å². The molecule has 1 aromatic carbocycles. The number of rotatable bonds is 9. The maximum absolute atomic E-state index is 10.9. The van der Waals surface area contributed by atoms with Crippen LogP contribution >= 0.6 is 0 Å². The normalized spacial score (nSPS) is 13.7. The van der Waals surface area contributed by atoms with Crippen molar-refractivity contribution in [2.45, 2.75) is 26.1 Å². The number of carboxylic acid groups (broad SMARTS) is 1. The molecule has 21 heavy (non-hydrogen) atoms. The third-order valence-electron chi connectivity index (χ3n) is 2.84. The van der Waals surface area contributed by atoms with Gasteiger partial charge in [-0.1, -0.05) is 6.07 Å². The van der Waals surface area contributed by atoms with Crippen molar-refractivity contribution in [3.63, 3.8) is 0 Å². The van der Waals surface area contributed by atoms with Crippen molar-refractivity contribution in [1.29, 1.82) is 0 Å². The highest BCUT2D eigenvalue weighted by atomic mass is 16.5. The van der Waals surface area contributed by atoms with Crippen molar-refractivity contribution >= 4 is 5.97 Å². The maximum atomic E-state index is 10.9. The molecule has 0 aromatic heterocycles. The van der Waals surface area contributed by atoms with E-state index < -0.39 is 12.1 Å². The Morgan fingerprint density at radius 3 is 2.62 bits per heavy atom. The standard InChI is InChI=1S/C15H22O6/c1-10-4-5-12(15(17)18)6-14(10)21-9-13(16)8-20-11(2)7-19-3/h4-6,11,13,16H,7-9H2,1-3H3,(H,17,18). The minimum Gasteiger partial charge on any atom is -0.491 e. The smallest absolute Gasteiger partial charge is 0.335 e. The number of aromatic carboxylic acids is 1. The third-order valence-corrected chi connectivity index (χ3v) is 2.84. The molecule has 1 aromatic rings. The number of benzene rings is 1. The number of ether oxygens (including phenoxy) is 3. The number of carboxylic acids is 1. The summed E-state index contributed by atoms with van der Waals surface area (Å²) in [5.74, 6) is -0.573. The largest absolute Gasteiger partial charge is 0.491 e. The number of aliphatic hydroxyl groups is 1. The topological polar surface area (TPSA) is 85.2 Å². The molecule has 0 amide bonds. The van der Waals surface area contributed by atoms with E-state index in [2.05, 4.69) is 0 Å². The summed E-state index contributed by atoms with van der Waals surface area (Å²) >= 11 is 0. The van der Waals surface area contributed by atoms with Crippen molar-refractivity contribution < 1.29 is 29.2 Å². The molecule has 0 saturated carbocycles. The molecule has 0 radical (unpaired) electrons. The van der Waals surface area contributed by atoms with E-state index in [-0.39, 0.29) is 24.9 Å². The zero-order chi connectivity index (χ0) is 15.8. The van der Waals surface area contributed by atoms with E-state index in [0.29, 0.717) is 12.4 Å². The molecule has 0 aliphatic carbocycles. The fourth-order valence-electron chi connectivity index (χ4n) is 1.68. The van der Waals surface area contributed by atoms with E-state index in [1.165, 1.54) is 12.1 Å². The molecule has 0 saturated heterocycles. The molecule has 1 rings (SSSR count). The van der Waals surface area contributed by atoms with Crippen LogP contribution < -0.4 is 4.74 Å². The molecule has 6 nitrogen and oxygen atoms in total. The van der Waals surface area contributed by atoms with Crippen LogP contribution in [0.15, 0.2) is 18.2 Å². The summed E-state index contributed by atoms with van der Waals surface area (Å²) in [6.45, 7) is 4.27. The Labute approximate surface area is 124 Å². The van der Waals surface area contributed by atoms with Gasteiger partial charge < -0.3 is 24.4 Å². The first kappa shape index (κ1) is 17.4. The zero-order valence-corrected chi connectivity index (χ0v) is 12.5. The Morgan fingerprint density at radius 1 is 1.29 bits per heavy atom. The van der Waals surface area contributed by atoms with E-state index in [9.17, 15) is 9.90 Å². The van der Waals surface area contributed by atoms with E-state index in [4.69, 9.17) is 19.3 Å². The lowest BCUT2D eigenvalue weighted by molar-refractivity contribution is -0.0423. The molecule has 2 atom stereocenters. The molecule has 118 valence electrons. The number of methoxy groups -OCH3 is 1. The van der Waals surface area contributed by atoms with E-state index >= 15 is 0 Å². The zero-order valence-electron chi connectivity index (χ0n) is 12.5. The van der Waals surface area contributed by atoms with E-state index in [0.717, 1.165) is 5.56 Å². The summed E-state index contributed by atoms with van der Waals surface area (Å²) in [6.07, 6.45) is -0.904. The summed E-state index contributed by atoms with van der Waals surface area (Å²) < 4.78 is 15.8. The van der Waals surface area contributed by atoms with Crippen LogP contribution in [0.2, 0.25) is 0 Å². The van der Waals surface area contributed by atoms with Crippen LogP contribution in [0.4, 0.5) is 0 Å². The predicted molar refractivity (Wildman–Crippen MR) is 76.9 cm³/mol. The molecule has 2 N–H and O–H groups in total. The lowest BCUT2D eigenvalue weighted by Crippen LogP contribution is -2.27. The Balaban J connectivity index is 2.47. The third kappa shape index (κ3) is 6.12. The summed E-state index contributed by atoms with van der Waals surface area (Å²) in [7, 11) is 1.58. The van der Waals surface area contributed by atoms with Gasteiger partial charge in [0.15, 0.2) is 0 Å². The van der Waals surface area contributed by atoms with Crippen LogP contribution in [-0.2, 0) is 9.47 Å². The number of carbonyl (C=O) groups is 1. The average Bonchev–Trinajstić information content (AvgIpc) is 2.44. The van der Waals surface area contributed by atoms with Crippen LogP contribution in [0.25, 0.3) is 0 Å². The van der Waals surface area contributed by atoms with Gasteiger partial charge in [-0.2, -0.15) is 0 Å². The fraction of sp³-hybridized carbons (Fsp3) is 0.533. The number of aryl methyl sites for hydroxylation is 1. The number of hydrogen-bond donors (Lipinski definition) is 2. The number of hydrogen-bond acceptors (Lipinski definition) is 5. The molecule has 2 unspecified atom stereocenters. The minimum atomic E-state index is -1.02. The average molecular weight is 298 g/mol. The van der Waals surface area contributed by atoms with Gasteiger partial charge in [-0.05, 0) is 31.5 Å². The van der Waals surface area contributed by atoms with Crippen molar-refractivity contribution in [2.75, 3.05) is 26.9 Å². The van der Waals surface area contributed by atoms with Crippen LogP contribution in [0.1, 0.15) is 22.8 Å². The summed E-state index contributed by atoms with van der Waals surface area (Å²) in [4.78, 5) is 10.9. The Hall–Kier alpha value is -1.63. The van der Waals surface area contributed by atoms with Crippen LogP contribution in [0, 0.1) is 6.92 Å². The van der Waals surface area contributed by atoms with Gasteiger partial charge in [0, 0.05) is 7.11 Å². The quantitative estimate of drug-likeness (QED) is 0.718. The Bertz CT molecular complexity index is 459. The van der Waals surface area contributed by atoms with Crippen molar-refractivity contribution in [1.82, 2.24) is 0 Å². The van der Waals surface area contributed by atoms with Gasteiger partial charge in [-0.3, -0.25) is 0 Å².